The SMILES string of the molecule is O=C(c1ccc(-c2ccccc2)cc1)N1CCC([NH+]2CCN(c3ccccc3)CC2)CC1. The Morgan fingerprint density at radius 3 is 1.88 bits per heavy atom. The van der Waals surface area contributed by atoms with Gasteiger partial charge in [-0.2, -0.15) is 0 Å². The fraction of sp³-hybridized carbons (Fsp3) is 0.321. The number of piperidine rings is 1. The number of likely N-dealkylation sites (tertiary alicyclic amines) is 1. The molecule has 0 atom stereocenters. The second kappa shape index (κ2) is 9.58. The van der Waals surface area contributed by atoms with Gasteiger partial charge in [-0.05, 0) is 35.4 Å². The monoisotopic (exact) mass is 426 g/mol. The summed E-state index contributed by atoms with van der Waals surface area (Å²) in [4.78, 5) is 19.3. The molecule has 1 amide bonds. The van der Waals surface area contributed by atoms with Crippen molar-refractivity contribution in [1.29, 1.82) is 0 Å². The summed E-state index contributed by atoms with van der Waals surface area (Å²) in [5, 5.41) is 0. The summed E-state index contributed by atoms with van der Waals surface area (Å²) in [5.41, 5.74) is 4.47. The van der Waals surface area contributed by atoms with E-state index < -0.39 is 0 Å². The van der Waals surface area contributed by atoms with Crippen LogP contribution in [0.25, 0.3) is 11.1 Å². The van der Waals surface area contributed by atoms with Gasteiger partial charge in [-0.25, -0.2) is 0 Å². The number of carbonyl (C=O) groups is 1. The van der Waals surface area contributed by atoms with Gasteiger partial charge in [0.15, 0.2) is 0 Å². The average molecular weight is 427 g/mol. The molecule has 32 heavy (non-hydrogen) atoms. The molecule has 0 saturated carbocycles. The van der Waals surface area contributed by atoms with Gasteiger partial charge in [-0.15, -0.1) is 0 Å². The second-order valence-electron chi connectivity index (χ2n) is 8.99. The third-order valence-corrected chi connectivity index (χ3v) is 7.13. The first kappa shape index (κ1) is 20.8. The van der Waals surface area contributed by atoms with E-state index in [1.165, 1.54) is 24.3 Å². The molecular formula is C28H32N3O+. The smallest absolute Gasteiger partial charge is 0.253 e. The Hall–Kier alpha value is -3.11. The van der Waals surface area contributed by atoms with E-state index in [4.69, 9.17) is 0 Å². The van der Waals surface area contributed by atoms with Gasteiger partial charge in [-0.1, -0.05) is 60.7 Å². The van der Waals surface area contributed by atoms with Crippen molar-refractivity contribution in [2.45, 2.75) is 18.9 Å². The van der Waals surface area contributed by atoms with E-state index in [2.05, 4.69) is 59.5 Å². The number of quaternary nitrogens is 1. The number of anilines is 1. The normalized spacial score (nSPS) is 18.0. The molecule has 2 aliphatic heterocycles. The Morgan fingerprint density at radius 2 is 1.25 bits per heavy atom. The molecule has 4 nitrogen and oxygen atoms in total. The molecule has 5 rings (SSSR count). The highest BCUT2D eigenvalue weighted by atomic mass is 16.2. The van der Waals surface area contributed by atoms with Gasteiger partial charge in [0, 0.05) is 37.2 Å². The van der Waals surface area contributed by atoms with Crippen LogP contribution in [0.3, 0.4) is 0 Å². The average Bonchev–Trinajstić information content (AvgIpc) is 2.90. The molecule has 2 heterocycles. The van der Waals surface area contributed by atoms with Crippen LogP contribution in [-0.4, -0.2) is 56.1 Å². The zero-order valence-electron chi connectivity index (χ0n) is 18.6. The molecule has 4 heteroatoms. The molecule has 1 N–H and O–H groups in total. The highest BCUT2D eigenvalue weighted by molar-refractivity contribution is 5.94. The first-order valence-electron chi connectivity index (χ1n) is 11.9. The first-order chi connectivity index (χ1) is 15.8. The fourth-order valence-electron chi connectivity index (χ4n) is 5.21. The standard InChI is InChI=1S/C28H31N3O/c32-28(25-13-11-24(12-14-25)23-7-3-1-4-8-23)31-17-15-27(16-18-31)30-21-19-29(20-22-30)26-9-5-2-6-10-26/h1-14,27H,15-22H2/p+1. The number of hydrogen-bond acceptors (Lipinski definition) is 2. The first-order valence-corrected chi connectivity index (χ1v) is 11.9. The van der Waals surface area contributed by atoms with Crippen molar-refractivity contribution in [3.05, 3.63) is 90.5 Å². The third kappa shape index (κ3) is 4.56. The largest absolute Gasteiger partial charge is 0.360 e. The number of carbonyl (C=O) groups excluding carboxylic acids is 1. The number of benzene rings is 3. The lowest BCUT2D eigenvalue weighted by molar-refractivity contribution is -0.927. The molecule has 0 aromatic heterocycles. The highest BCUT2D eigenvalue weighted by Crippen LogP contribution is 2.21. The number of nitrogens with zero attached hydrogens (tertiary/aromatic N) is 2. The van der Waals surface area contributed by atoms with E-state index in [0.29, 0.717) is 6.04 Å². The summed E-state index contributed by atoms with van der Waals surface area (Å²) in [7, 11) is 0. The van der Waals surface area contributed by atoms with Crippen molar-refractivity contribution >= 4 is 11.6 Å². The molecule has 0 radical (unpaired) electrons. The summed E-state index contributed by atoms with van der Waals surface area (Å²) in [5.74, 6) is 0.173. The Morgan fingerprint density at radius 1 is 0.688 bits per heavy atom. The van der Waals surface area contributed by atoms with E-state index >= 15 is 0 Å². The molecule has 2 saturated heterocycles. The molecule has 0 bridgehead atoms. The Labute approximate surface area is 191 Å². The van der Waals surface area contributed by atoms with Crippen molar-refractivity contribution < 1.29 is 9.69 Å². The van der Waals surface area contributed by atoms with E-state index in [1.807, 2.05) is 35.2 Å². The topological polar surface area (TPSA) is 28.0 Å². The van der Waals surface area contributed by atoms with Gasteiger partial charge in [0.2, 0.25) is 0 Å². The summed E-state index contributed by atoms with van der Waals surface area (Å²) in [6.07, 6.45) is 2.21. The fourth-order valence-corrected chi connectivity index (χ4v) is 5.21. The molecule has 0 spiro atoms. The minimum absolute atomic E-state index is 0.173. The van der Waals surface area contributed by atoms with Gasteiger partial charge in [0.25, 0.3) is 5.91 Å². The van der Waals surface area contributed by atoms with Crippen LogP contribution in [0, 0.1) is 0 Å². The van der Waals surface area contributed by atoms with Crippen molar-refractivity contribution in [3.8, 4) is 11.1 Å². The number of hydrogen-bond donors (Lipinski definition) is 1. The Balaban J connectivity index is 1.13. The number of para-hydroxylation sites is 1. The van der Waals surface area contributed by atoms with E-state index in [9.17, 15) is 4.79 Å². The van der Waals surface area contributed by atoms with Crippen molar-refractivity contribution in [2.75, 3.05) is 44.2 Å². The molecular weight excluding hydrogens is 394 g/mol. The number of piperazine rings is 1. The summed E-state index contributed by atoms with van der Waals surface area (Å²) >= 11 is 0. The quantitative estimate of drug-likeness (QED) is 0.693. The Kier molecular flexibility index (Phi) is 6.22. The van der Waals surface area contributed by atoms with E-state index in [0.717, 1.165) is 50.1 Å². The van der Waals surface area contributed by atoms with Gasteiger partial charge in [0.05, 0.1) is 32.2 Å². The third-order valence-electron chi connectivity index (χ3n) is 7.13. The molecule has 0 unspecified atom stereocenters. The van der Waals surface area contributed by atoms with Gasteiger partial charge in [-0.3, -0.25) is 4.79 Å². The van der Waals surface area contributed by atoms with Crippen LogP contribution in [0.15, 0.2) is 84.9 Å². The molecule has 3 aromatic rings. The number of nitrogens with one attached hydrogen (secondary N) is 1. The maximum absolute atomic E-state index is 13.0. The molecule has 2 fully saturated rings. The molecule has 164 valence electrons. The second-order valence-corrected chi connectivity index (χ2v) is 8.99. The number of rotatable bonds is 4. The lowest BCUT2D eigenvalue weighted by Gasteiger charge is -2.41. The number of amides is 1. The maximum Gasteiger partial charge on any atom is 0.253 e. The Bertz CT molecular complexity index is 1000. The van der Waals surface area contributed by atoms with Crippen LogP contribution in [-0.2, 0) is 0 Å². The predicted octanol–water partition coefficient (Wildman–Crippen LogP) is 3.36. The van der Waals surface area contributed by atoms with E-state index in [1.54, 1.807) is 4.90 Å². The van der Waals surface area contributed by atoms with Crippen molar-refractivity contribution in [1.82, 2.24) is 4.90 Å². The van der Waals surface area contributed by atoms with Gasteiger partial charge < -0.3 is 14.7 Å². The highest BCUT2D eigenvalue weighted by Gasteiger charge is 2.32. The van der Waals surface area contributed by atoms with Crippen LogP contribution < -0.4 is 9.80 Å². The van der Waals surface area contributed by atoms with Crippen molar-refractivity contribution in [3.63, 3.8) is 0 Å². The van der Waals surface area contributed by atoms with Crippen molar-refractivity contribution in [2.24, 2.45) is 0 Å². The van der Waals surface area contributed by atoms with Crippen LogP contribution in [0.2, 0.25) is 0 Å². The summed E-state index contributed by atoms with van der Waals surface area (Å²) in [6, 6.07) is 29.8. The molecule has 2 aliphatic rings. The van der Waals surface area contributed by atoms with Crippen LogP contribution in [0.1, 0.15) is 23.2 Å². The minimum atomic E-state index is 0.173. The maximum atomic E-state index is 13.0. The lowest BCUT2D eigenvalue weighted by atomic mass is 10.00. The predicted molar refractivity (Wildman–Crippen MR) is 130 cm³/mol. The van der Waals surface area contributed by atoms with Crippen LogP contribution >= 0.6 is 0 Å². The summed E-state index contributed by atoms with van der Waals surface area (Å²) < 4.78 is 0. The minimum Gasteiger partial charge on any atom is -0.360 e. The molecule has 3 aromatic carbocycles. The lowest BCUT2D eigenvalue weighted by Crippen LogP contribution is -3.18. The zero-order chi connectivity index (χ0) is 21.8. The van der Waals surface area contributed by atoms with Gasteiger partial charge >= 0.3 is 0 Å². The summed E-state index contributed by atoms with van der Waals surface area (Å²) in [6.45, 7) is 6.35. The molecule has 0 aliphatic carbocycles. The van der Waals surface area contributed by atoms with Crippen LogP contribution in [0.5, 0.6) is 0 Å². The van der Waals surface area contributed by atoms with Crippen LogP contribution in [0.4, 0.5) is 5.69 Å². The van der Waals surface area contributed by atoms with E-state index in [-0.39, 0.29) is 5.91 Å². The van der Waals surface area contributed by atoms with Gasteiger partial charge in [0.1, 0.15) is 0 Å². The zero-order valence-corrected chi connectivity index (χ0v) is 18.6.